The van der Waals surface area contributed by atoms with Gasteiger partial charge in [0.25, 0.3) is 0 Å². The summed E-state index contributed by atoms with van der Waals surface area (Å²) >= 11 is 6.00. The van der Waals surface area contributed by atoms with E-state index in [4.69, 9.17) is 23.1 Å². The molecule has 0 fully saturated rings. The second-order valence-electron chi connectivity index (χ2n) is 3.18. The van der Waals surface area contributed by atoms with E-state index in [0.717, 1.165) is 18.4 Å². The number of benzene rings is 1. The maximum Gasteiger partial charge on any atom is 0.0474 e. The van der Waals surface area contributed by atoms with E-state index >= 15 is 0 Å². The van der Waals surface area contributed by atoms with Crippen LogP contribution < -0.4 is 11.5 Å². The van der Waals surface area contributed by atoms with E-state index in [-0.39, 0.29) is 6.04 Å². The number of hydrogen-bond acceptors (Lipinski definition) is 2. The maximum absolute atomic E-state index is 6.00. The number of anilines is 1. The summed E-state index contributed by atoms with van der Waals surface area (Å²) in [6, 6.07) is 5.50. The van der Waals surface area contributed by atoms with E-state index in [1.165, 1.54) is 0 Å². The standard InChI is InChI=1S/C10H15ClN2/c1-2-3-10(13)8-5-4-7(12)6-9(8)11/h4-6,10H,2-3,12-13H2,1H3. The predicted molar refractivity (Wildman–Crippen MR) is 57.7 cm³/mol. The summed E-state index contributed by atoms with van der Waals surface area (Å²) in [6.07, 6.45) is 2.01. The molecule has 0 bridgehead atoms. The number of nitrogens with two attached hydrogens (primary N) is 2. The molecule has 0 aliphatic carbocycles. The Morgan fingerprint density at radius 2 is 2.15 bits per heavy atom. The third-order valence-corrected chi connectivity index (χ3v) is 2.35. The van der Waals surface area contributed by atoms with Crippen molar-refractivity contribution in [3.05, 3.63) is 28.8 Å². The first-order chi connectivity index (χ1) is 6.15. The molecule has 1 aromatic rings. The van der Waals surface area contributed by atoms with Gasteiger partial charge in [0.05, 0.1) is 0 Å². The first kappa shape index (κ1) is 10.4. The molecule has 0 spiro atoms. The molecule has 0 aromatic heterocycles. The highest BCUT2D eigenvalue weighted by molar-refractivity contribution is 6.31. The van der Waals surface area contributed by atoms with Crippen LogP contribution in [0.3, 0.4) is 0 Å². The van der Waals surface area contributed by atoms with Crippen LogP contribution in [-0.4, -0.2) is 0 Å². The van der Waals surface area contributed by atoms with Gasteiger partial charge < -0.3 is 11.5 Å². The lowest BCUT2D eigenvalue weighted by Crippen LogP contribution is -2.10. The Balaban J connectivity index is 2.88. The van der Waals surface area contributed by atoms with E-state index in [2.05, 4.69) is 6.92 Å². The fourth-order valence-corrected chi connectivity index (χ4v) is 1.64. The Morgan fingerprint density at radius 1 is 1.46 bits per heavy atom. The fourth-order valence-electron chi connectivity index (χ4n) is 1.31. The highest BCUT2D eigenvalue weighted by Crippen LogP contribution is 2.26. The van der Waals surface area contributed by atoms with Crippen LogP contribution in [-0.2, 0) is 0 Å². The van der Waals surface area contributed by atoms with Gasteiger partial charge in [0.1, 0.15) is 0 Å². The third-order valence-electron chi connectivity index (χ3n) is 2.02. The summed E-state index contributed by atoms with van der Waals surface area (Å²) in [7, 11) is 0. The Kier molecular flexibility index (Phi) is 3.58. The van der Waals surface area contributed by atoms with Crippen molar-refractivity contribution in [1.29, 1.82) is 0 Å². The average Bonchev–Trinajstić information content (AvgIpc) is 2.04. The number of hydrogen-bond donors (Lipinski definition) is 2. The van der Waals surface area contributed by atoms with Crippen LogP contribution in [0.15, 0.2) is 18.2 Å². The zero-order chi connectivity index (χ0) is 9.84. The van der Waals surface area contributed by atoms with E-state index < -0.39 is 0 Å². The molecule has 1 atom stereocenters. The zero-order valence-electron chi connectivity index (χ0n) is 7.76. The van der Waals surface area contributed by atoms with Crippen LogP contribution in [0, 0.1) is 0 Å². The summed E-state index contributed by atoms with van der Waals surface area (Å²) in [5.74, 6) is 0. The molecule has 2 nitrogen and oxygen atoms in total. The Labute approximate surface area is 83.9 Å². The third kappa shape index (κ3) is 2.61. The molecule has 13 heavy (non-hydrogen) atoms. The second-order valence-corrected chi connectivity index (χ2v) is 3.58. The molecule has 0 aliphatic rings. The molecule has 3 heteroatoms. The first-order valence-corrected chi connectivity index (χ1v) is 4.83. The Morgan fingerprint density at radius 3 is 2.69 bits per heavy atom. The van der Waals surface area contributed by atoms with Crippen LogP contribution in [0.4, 0.5) is 5.69 Å². The van der Waals surface area contributed by atoms with Gasteiger partial charge in [0.15, 0.2) is 0 Å². The Bertz CT molecular complexity index is 286. The van der Waals surface area contributed by atoms with Gasteiger partial charge in [-0.2, -0.15) is 0 Å². The summed E-state index contributed by atoms with van der Waals surface area (Å²) in [6.45, 7) is 2.10. The maximum atomic E-state index is 6.00. The quantitative estimate of drug-likeness (QED) is 0.734. The SMILES string of the molecule is CCCC(N)c1ccc(N)cc1Cl. The molecule has 0 heterocycles. The van der Waals surface area contributed by atoms with Gasteiger partial charge in [-0.15, -0.1) is 0 Å². The Hall–Kier alpha value is -0.730. The van der Waals surface area contributed by atoms with Gasteiger partial charge in [0, 0.05) is 16.8 Å². The summed E-state index contributed by atoms with van der Waals surface area (Å²) in [4.78, 5) is 0. The molecule has 0 saturated heterocycles. The lowest BCUT2D eigenvalue weighted by Gasteiger charge is -2.12. The molecule has 72 valence electrons. The lowest BCUT2D eigenvalue weighted by atomic mass is 10.0. The van der Waals surface area contributed by atoms with Gasteiger partial charge in [0.2, 0.25) is 0 Å². The highest BCUT2D eigenvalue weighted by atomic mass is 35.5. The van der Waals surface area contributed by atoms with E-state index in [1.807, 2.05) is 12.1 Å². The molecule has 0 radical (unpaired) electrons. The van der Waals surface area contributed by atoms with Gasteiger partial charge in [-0.1, -0.05) is 31.0 Å². The number of halogens is 1. The average molecular weight is 199 g/mol. The molecular formula is C10H15ClN2. The zero-order valence-corrected chi connectivity index (χ0v) is 8.51. The van der Waals surface area contributed by atoms with Gasteiger partial charge in [-0.05, 0) is 24.1 Å². The van der Waals surface area contributed by atoms with Crippen LogP contribution in [0.5, 0.6) is 0 Å². The predicted octanol–water partition coefficient (Wildman–Crippen LogP) is 2.72. The van der Waals surface area contributed by atoms with Gasteiger partial charge >= 0.3 is 0 Å². The monoisotopic (exact) mass is 198 g/mol. The molecule has 1 aromatic carbocycles. The summed E-state index contributed by atoms with van der Waals surface area (Å²) < 4.78 is 0. The second kappa shape index (κ2) is 4.49. The largest absolute Gasteiger partial charge is 0.399 e. The van der Waals surface area contributed by atoms with E-state index in [1.54, 1.807) is 6.07 Å². The minimum Gasteiger partial charge on any atom is -0.399 e. The lowest BCUT2D eigenvalue weighted by molar-refractivity contribution is 0.639. The van der Waals surface area contributed by atoms with Crippen molar-refractivity contribution in [1.82, 2.24) is 0 Å². The van der Waals surface area contributed by atoms with Crippen LogP contribution in [0.1, 0.15) is 31.4 Å². The molecule has 4 N–H and O–H groups in total. The summed E-state index contributed by atoms with van der Waals surface area (Å²) in [5.41, 5.74) is 13.2. The van der Waals surface area contributed by atoms with Crippen molar-refractivity contribution >= 4 is 17.3 Å². The molecule has 0 saturated carbocycles. The van der Waals surface area contributed by atoms with Crippen molar-refractivity contribution < 1.29 is 0 Å². The molecular weight excluding hydrogens is 184 g/mol. The van der Waals surface area contributed by atoms with Crippen molar-refractivity contribution in [2.45, 2.75) is 25.8 Å². The van der Waals surface area contributed by atoms with Crippen LogP contribution in [0.2, 0.25) is 5.02 Å². The highest BCUT2D eigenvalue weighted by Gasteiger charge is 2.08. The first-order valence-electron chi connectivity index (χ1n) is 4.45. The van der Waals surface area contributed by atoms with Crippen LogP contribution >= 0.6 is 11.6 Å². The van der Waals surface area contributed by atoms with Crippen molar-refractivity contribution in [3.8, 4) is 0 Å². The van der Waals surface area contributed by atoms with Gasteiger partial charge in [-0.3, -0.25) is 0 Å². The fraction of sp³-hybridized carbons (Fsp3) is 0.400. The smallest absolute Gasteiger partial charge is 0.0474 e. The van der Waals surface area contributed by atoms with Crippen molar-refractivity contribution in [3.63, 3.8) is 0 Å². The topological polar surface area (TPSA) is 52.0 Å². The normalized spacial score (nSPS) is 12.8. The summed E-state index contributed by atoms with van der Waals surface area (Å²) in [5, 5.41) is 0.668. The molecule has 1 unspecified atom stereocenters. The van der Waals surface area contributed by atoms with E-state index in [9.17, 15) is 0 Å². The van der Waals surface area contributed by atoms with E-state index in [0.29, 0.717) is 10.7 Å². The molecule has 0 amide bonds. The number of rotatable bonds is 3. The van der Waals surface area contributed by atoms with Crippen molar-refractivity contribution in [2.24, 2.45) is 5.73 Å². The van der Waals surface area contributed by atoms with Gasteiger partial charge in [-0.25, -0.2) is 0 Å². The van der Waals surface area contributed by atoms with Crippen LogP contribution in [0.25, 0.3) is 0 Å². The molecule has 1 rings (SSSR count). The number of nitrogen functional groups attached to an aromatic ring is 1. The molecule has 0 aliphatic heterocycles. The van der Waals surface area contributed by atoms with Crippen molar-refractivity contribution in [2.75, 3.05) is 5.73 Å². The minimum absolute atomic E-state index is 0.0260. The minimum atomic E-state index is 0.0260.